The van der Waals surface area contributed by atoms with Gasteiger partial charge < -0.3 is 19.3 Å². The molecule has 3 rings (SSSR count). The molecule has 0 spiro atoms. The van der Waals surface area contributed by atoms with Crippen LogP contribution in [0.1, 0.15) is 16.3 Å². The van der Waals surface area contributed by atoms with E-state index in [1.165, 1.54) is 36.6 Å². The Morgan fingerprint density at radius 3 is 2.48 bits per heavy atom. The van der Waals surface area contributed by atoms with E-state index in [4.69, 9.17) is 8.83 Å². The Kier molecular flexibility index (Phi) is 4.47. The molecule has 0 aliphatic carbocycles. The number of amides is 1. The van der Waals surface area contributed by atoms with Gasteiger partial charge in [0, 0.05) is 11.6 Å². The zero-order valence-electron chi connectivity index (χ0n) is 12.7. The van der Waals surface area contributed by atoms with E-state index in [0.717, 1.165) is 0 Å². The summed E-state index contributed by atoms with van der Waals surface area (Å²) in [5, 5.41) is 11.5. The number of halogens is 1. The van der Waals surface area contributed by atoms with Crippen molar-refractivity contribution in [1.29, 1.82) is 0 Å². The van der Waals surface area contributed by atoms with E-state index in [0.29, 0.717) is 11.3 Å². The van der Waals surface area contributed by atoms with E-state index in [1.54, 1.807) is 24.3 Å². The highest BCUT2D eigenvalue weighted by Crippen LogP contribution is 2.23. The highest BCUT2D eigenvalue weighted by atomic mass is 19.1. The van der Waals surface area contributed by atoms with Gasteiger partial charge in [0.15, 0.2) is 5.76 Å². The highest BCUT2D eigenvalue weighted by molar-refractivity contribution is 6.01. The van der Waals surface area contributed by atoms with Gasteiger partial charge >= 0.3 is 5.97 Å². The number of carboxylic acid groups (broad SMARTS) is 1. The van der Waals surface area contributed by atoms with Crippen molar-refractivity contribution >= 4 is 18.0 Å². The van der Waals surface area contributed by atoms with Crippen LogP contribution in [0.5, 0.6) is 0 Å². The number of rotatable bonds is 5. The number of benzene rings is 1. The zero-order chi connectivity index (χ0) is 17.8. The largest absolute Gasteiger partial charge is 0.477 e. The molecule has 25 heavy (non-hydrogen) atoms. The van der Waals surface area contributed by atoms with Crippen molar-refractivity contribution in [3.8, 4) is 11.3 Å². The first kappa shape index (κ1) is 16.3. The van der Waals surface area contributed by atoms with Crippen LogP contribution in [-0.2, 0) is 4.79 Å². The molecular weight excluding hydrogens is 329 g/mol. The summed E-state index contributed by atoms with van der Waals surface area (Å²) in [5.74, 6) is -1.75. The lowest BCUT2D eigenvalue weighted by Gasteiger charge is -2.03. The first-order chi connectivity index (χ1) is 12.0. The molecule has 0 radical (unpaired) electrons. The Morgan fingerprint density at radius 2 is 1.84 bits per heavy atom. The van der Waals surface area contributed by atoms with Gasteiger partial charge in [0.25, 0.3) is 5.91 Å². The van der Waals surface area contributed by atoms with Crippen molar-refractivity contribution in [1.82, 2.24) is 5.32 Å². The number of furan rings is 2. The van der Waals surface area contributed by atoms with Crippen molar-refractivity contribution in [3.63, 3.8) is 0 Å². The Bertz CT molecular complexity index is 923. The van der Waals surface area contributed by atoms with Crippen molar-refractivity contribution in [2.75, 3.05) is 0 Å². The smallest absolute Gasteiger partial charge is 0.352 e. The first-order valence-electron chi connectivity index (χ1n) is 7.18. The first-order valence-corrected chi connectivity index (χ1v) is 7.18. The fraction of sp³-hybridized carbons (Fsp3) is 0. The van der Waals surface area contributed by atoms with Gasteiger partial charge in [-0.1, -0.05) is 0 Å². The lowest BCUT2D eigenvalue weighted by atomic mass is 10.2. The quantitative estimate of drug-likeness (QED) is 0.693. The Labute approximate surface area is 141 Å². The number of carbonyl (C=O) groups is 2. The molecule has 0 aliphatic rings. The van der Waals surface area contributed by atoms with Crippen LogP contribution < -0.4 is 5.32 Å². The fourth-order valence-electron chi connectivity index (χ4n) is 2.08. The van der Waals surface area contributed by atoms with Crippen LogP contribution in [0, 0.1) is 5.82 Å². The molecule has 6 nitrogen and oxygen atoms in total. The van der Waals surface area contributed by atoms with Crippen LogP contribution in [0.2, 0.25) is 0 Å². The van der Waals surface area contributed by atoms with Gasteiger partial charge in [-0.25, -0.2) is 9.18 Å². The average Bonchev–Trinajstić information content (AvgIpc) is 3.26. The molecule has 0 atom stereocenters. The van der Waals surface area contributed by atoms with Crippen molar-refractivity contribution in [2.45, 2.75) is 0 Å². The Hall–Kier alpha value is -3.61. The van der Waals surface area contributed by atoms with Gasteiger partial charge in [0.05, 0.1) is 6.26 Å². The molecule has 2 aromatic heterocycles. The van der Waals surface area contributed by atoms with Crippen molar-refractivity contribution in [2.24, 2.45) is 0 Å². The summed E-state index contributed by atoms with van der Waals surface area (Å²) in [6.07, 6.45) is 2.48. The second-order valence-corrected chi connectivity index (χ2v) is 5.00. The summed E-state index contributed by atoms with van der Waals surface area (Å²) < 4.78 is 23.4. The molecule has 0 unspecified atom stereocenters. The fourth-order valence-corrected chi connectivity index (χ4v) is 2.08. The third kappa shape index (κ3) is 3.84. The molecule has 2 N–H and O–H groups in total. The topological polar surface area (TPSA) is 92.7 Å². The summed E-state index contributed by atoms with van der Waals surface area (Å²) in [6.45, 7) is 0. The maximum atomic E-state index is 13.0. The predicted molar refractivity (Wildman–Crippen MR) is 85.9 cm³/mol. The molecular formula is C18H12FNO5. The molecule has 0 fully saturated rings. The van der Waals surface area contributed by atoms with Crippen LogP contribution in [0.3, 0.4) is 0 Å². The monoisotopic (exact) mass is 341 g/mol. The van der Waals surface area contributed by atoms with Crippen LogP contribution in [0.15, 0.2) is 69.3 Å². The van der Waals surface area contributed by atoms with Gasteiger partial charge in [-0.3, -0.25) is 4.79 Å². The molecule has 0 aliphatic heterocycles. The lowest BCUT2D eigenvalue weighted by molar-refractivity contribution is -0.132. The van der Waals surface area contributed by atoms with Crippen LogP contribution in [-0.4, -0.2) is 17.0 Å². The highest BCUT2D eigenvalue weighted by Gasteiger charge is 2.16. The van der Waals surface area contributed by atoms with Crippen molar-refractivity contribution < 1.29 is 27.9 Å². The second-order valence-electron chi connectivity index (χ2n) is 5.00. The minimum absolute atomic E-state index is 0.0152. The zero-order valence-corrected chi connectivity index (χ0v) is 12.7. The number of aliphatic carboxylic acids is 1. The van der Waals surface area contributed by atoms with Gasteiger partial charge in [0.2, 0.25) is 0 Å². The summed E-state index contributed by atoms with van der Waals surface area (Å²) in [6, 6.07) is 11.7. The Balaban J connectivity index is 1.82. The van der Waals surface area contributed by atoms with Crippen LogP contribution >= 0.6 is 0 Å². The van der Waals surface area contributed by atoms with E-state index in [1.807, 2.05) is 0 Å². The summed E-state index contributed by atoms with van der Waals surface area (Å²) >= 11 is 0. The van der Waals surface area contributed by atoms with Gasteiger partial charge in [-0.2, -0.15) is 0 Å². The minimum atomic E-state index is -1.33. The SMILES string of the molecule is O=C(O)/C(=C\c1ccc(-c2ccc(F)cc2)o1)NC(=O)c1ccco1. The van der Waals surface area contributed by atoms with Gasteiger partial charge in [-0.15, -0.1) is 0 Å². The predicted octanol–water partition coefficient (Wildman–Crippen LogP) is 3.53. The van der Waals surface area contributed by atoms with Crippen LogP contribution in [0.4, 0.5) is 4.39 Å². The van der Waals surface area contributed by atoms with E-state index in [-0.39, 0.29) is 23.0 Å². The molecule has 7 heteroatoms. The molecule has 0 saturated carbocycles. The summed E-state index contributed by atoms with van der Waals surface area (Å²) in [7, 11) is 0. The van der Waals surface area contributed by atoms with Gasteiger partial charge in [0.1, 0.15) is 23.0 Å². The third-order valence-corrected chi connectivity index (χ3v) is 3.27. The molecule has 3 aromatic rings. The maximum absolute atomic E-state index is 13.0. The standard InChI is InChI=1S/C18H12FNO5/c19-12-5-3-11(4-6-12)15-8-7-13(25-15)10-14(18(22)23)20-17(21)16-2-1-9-24-16/h1-10H,(H,20,21)(H,22,23)/b14-10+. The van der Waals surface area contributed by atoms with Crippen LogP contribution in [0.25, 0.3) is 17.4 Å². The lowest BCUT2D eigenvalue weighted by Crippen LogP contribution is -2.26. The normalized spacial score (nSPS) is 11.3. The van der Waals surface area contributed by atoms with Crippen molar-refractivity contribution in [3.05, 3.63) is 77.8 Å². The molecule has 0 saturated heterocycles. The molecule has 1 aromatic carbocycles. The number of hydrogen-bond acceptors (Lipinski definition) is 4. The van der Waals surface area contributed by atoms with Gasteiger partial charge in [-0.05, 0) is 48.5 Å². The third-order valence-electron chi connectivity index (χ3n) is 3.27. The van der Waals surface area contributed by atoms with E-state index in [2.05, 4.69) is 5.32 Å². The Morgan fingerprint density at radius 1 is 1.08 bits per heavy atom. The number of nitrogens with one attached hydrogen (secondary N) is 1. The minimum Gasteiger partial charge on any atom is -0.477 e. The second kappa shape index (κ2) is 6.88. The summed E-state index contributed by atoms with van der Waals surface area (Å²) in [4.78, 5) is 23.2. The number of hydrogen-bond donors (Lipinski definition) is 2. The molecule has 126 valence electrons. The average molecular weight is 341 g/mol. The molecule has 0 bridgehead atoms. The number of carboxylic acids is 1. The molecule has 1 amide bonds. The van der Waals surface area contributed by atoms with E-state index >= 15 is 0 Å². The van der Waals surface area contributed by atoms with E-state index in [9.17, 15) is 19.1 Å². The summed E-state index contributed by atoms with van der Waals surface area (Å²) in [5.41, 5.74) is 0.263. The molecule has 2 heterocycles. The van der Waals surface area contributed by atoms with E-state index < -0.39 is 11.9 Å². The number of carbonyl (C=O) groups excluding carboxylic acids is 1. The maximum Gasteiger partial charge on any atom is 0.352 e.